The number of carbonyl (C=O) groups excluding carboxylic acids is 1. The number of aliphatic hydroxyl groups is 1. The van der Waals surface area contributed by atoms with Gasteiger partial charge >= 0.3 is 5.97 Å². The summed E-state index contributed by atoms with van der Waals surface area (Å²) < 4.78 is 5.05. The summed E-state index contributed by atoms with van der Waals surface area (Å²) in [5.74, 6) is -0.591. The lowest BCUT2D eigenvalue weighted by atomic mass is 10.2. The second kappa shape index (κ2) is 7.67. The predicted octanol–water partition coefficient (Wildman–Crippen LogP) is 1.99. The Morgan fingerprint density at radius 1 is 1.14 bits per heavy atom. The first-order valence-electron chi connectivity index (χ1n) is 6.54. The third-order valence-corrected chi connectivity index (χ3v) is 3.76. The Kier molecular flexibility index (Phi) is 5.62. The number of amides is 1. The summed E-state index contributed by atoms with van der Waals surface area (Å²) in [4.78, 5) is 23.6. The number of aromatic carboxylic acids is 1. The highest BCUT2D eigenvalue weighted by molar-refractivity contribution is 7.99. The average Bonchev–Trinajstić information content (AvgIpc) is 3.00. The first-order valence-corrected chi connectivity index (χ1v) is 7.52. The molecule has 6 nitrogen and oxygen atoms in total. The lowest BCUT2D eigenvalue weighted by Gasteiger charge is -2.05. The van der Waals surface area contributed by atoms with Crippen LogP contribution < -0.4 is 5.32 Å². The van der Waals surface area contributed by atoms with Crippen molar-refractivity contribution in [3.8, 4) is 0 Å². The largest absolute Gasteiger partial charge is 0.475 e. The van der Waals surface area contributed by atoms with Gasteiger partial charge in [-0.3, -0.25) is 4.79 Å². The van der Waals surface area contributed by atoms with Gasteiger partial charge in [-0.1, -0.05) is 0 Å². The lowest BCUT2D eigenvalue weighted by molar-refractivity contribution is 0.0660. The van der Waals surface area contributed by atoms with Crippen molar-refractivity contribution < 1.29 is 24.2 Å². The summed E-state index contributed by atoms with van der Waals surface area (Å²) in [5, 5.41) is 20.2. The molecular formula is C15H15NO5S. The van der Waals surface area contributed by atoms with Gasteiger partial charge < -0.3 is 19.9 Å². The molecule has 0 fully saturated rings. The normalized spacial score (nSPS) is 10.4. The first-order chi connectivity index (χ1) is 10.6. The molecule has 0 unspecified atom stereocenters. The highest BCUT2D eigenvalue weighted by Gasteiger charge is 2.10. The van der Waals surface area contributed by atoms with Crippen LogP contribution in [0.25, 0.3) is 0 Å². The van der Waals surface area contributed by atoms with Crippen LogP contribution in [-0.2, 0) is 6.54 Å². The zero-order valence-corrected chi connectivity index (χ0v) is 12.4. The third kappa shape index (κ3) is 4.37. The molecule has 0 aliphatic heterocycles. The molecule has 1 amide bonds. The fraction of sp³-hybridized carbons (Fsp3) is 0.200. The Morgan fingerprint density at radius 2 is 1.86 bits per heavy atom. The van der Waals surface area contributed by atoms with Crippen molar-refractivity contribution in [3.05, 3.63) is 53.5 Å². The molecule has 2 rings (SSSR count). The number of carboxylic acid groups (broad SMARTS) is 1. The van der Waals surface area contributed by atoms with Gasteiger partial charge in [0.25, 0.3) is 5.91 Å². The van der Waals surface area contributed by atoms with Crippen LogP contribution in [0.15, 0.2) is 45.7 Å². The highest BCUT2D eigenvalue weighted by atomic mass is 32.2. The molecule has 7 heteroatoms. The van der Waals surface area contributed by atoms with Gasteiger partial charge in [0.15, 0.2) is 0 Å². The fourth-order valence-corrected chi connectivity index (χ4v) is 2.38. The van der Waals surface area contributed by atoms with Gasteiger partial charge in [-0.15, -0.1) is 11.8 Å². The summed E-state index contributed by atoms with van der Waals surface area (Å²) in [7, 11) is 0. The first kappa shape index (κ1) is 16.1. The smallest absolute Gasteiger partial charge is 0.371 e. The van der Waals surface area contributed by atoms with Crippen molar-refractivity contribution in [2.75, 3.05) is 12.4 Å². The van der Waals surface area contributed by atoms with Gasteiger partial charge in [0.2, 0.25) is 5.76 Å². The van der Waals surface area contributed by atoms with E-state index in [1.807, 2.05) is 12.1 Å². The molecule has 2 aromatic rings. The second-order valence-electron chi connectivity index (χ2n) is 4.35. The zero-order chi connectivity index (χ0) is 15.9. The Balaban J connectivity index is 1.89. The molecular weight excluding hydrogens is 306 g/mol. The van der Waals surface area contributed by atoms with E-state index in [0.717, 1.165) is 4.90 Å². The Labute approximate surface area is 131 Å². The molecule has 1 aromatic carbocycles. The van der Waals surface area contributed by atoms with Crippen molar-refractivity contribution >= 4 is 23.6 Å². The van der Waals surface area contributed by atoms with Crippen LogP contribution in [0.2, 0.25) is 0 Å². The number of hydrogen-bond acceptors (Lipinski definition) is 5. The molecule has 0 spiro atoms. The van der Waals surface area contributed by atoms with Crippen LogP contribution >= 0.6 is 11.8 Å². The Morgan fingerprint density at radius 3 is 2.45 bits per heavy atom. The minimum absolute atomic E-state index is 0.106. The van der Waals surface area contributed by atoms with E-state index in [1.54, 1.807) is 12.1 Å². The number of nitrogens with one attached hydrogen (secondary N) is 1. The number of carbonyl (C=O) groups is 2. The van der Waals surface area contributed by atoms with Gasteiger partial charge in [0.1, 0.15) is 5.76 Å². The third-order valence-electron chi connectivity index (χ3n) is 2.77. The SMILES string of the molecule is O=C(NCc1ccc(C(=O)O)o1)c1ccc(SCCO)cc1. The van der Waals surface area contributed by atoms with Gasteiger partial charge in [0.05, 0.1) is 13.2 Å². The summed E-state index contributed by atoms with van der Waals surface area (Å²) in [6.07, 6.45) is 0. The highest BCUT2D eigenvalue weighted by Crippen LogP contribution is 2.18. The molecule has 1 aromatic heterocycles. The monoisotopic (exact) mass is 321 g/mol. The van der Waals surface area contributed by atoms with Gasteiger partial charge in [0, 0.05) is 16.2 Å². The van der Waals surface area contributed by atoms with Crippen molar-refractivity contribution in [1.29, 1.82) is 0 Å². The maximum absolute atomic E-state index is 12.0. The van der Waals surface area contributed by atoms with Crippen molar-refractivity contribution in [1.82, 2.24) is 5.32 Å². The quantitative estimate of drug-likeness (QED) is 0.674. The van der Waals surface area contributed by atoms with E-state index < -0.39 is 5.97 Å². The zero-order valence-electron chi connectivity index (χ0n) is 11.6. The van der Waals surface area contributed by atoms with E-state index in [2.05, 4.69) is 5.32 Å². The molecule has 0 saturated heterocycles. The Hall–Kier alpha value is -2.25. The molecule has 3 N–H and O–H groups in total. The number of aliphatic hydroxyl groups excluding tert-OH is 1. The van der Waals surface area contributed by atoms with E-state index in [4.69, 9.17) is 14.6 Å². The number of carboxylic acids is 1. The maximum Gasteiger partial charge on any atom is 0.371 e. The van der Waals surface area contributed by atoms with Crippen LogP contribution in [0, 0.1) is 0 Å². The molecule has 0 saturated carbocycles. The fourth-order valence-electron chi connectivity index (χ4n) is 1.72. The minimum Gasteiger partial charge on any atom is -0.475 e. The van der Waals surface area contributed by atoms with Crippen molar-refractivity contribution in [2.45, 2.75) is 11.4 Å². The molecule has 116 valence electrons. The summed E-state index contributed by atoms with van der Waals surface area (Å²) in [6, 6.07) is 9.87. The van der Waals surface area contributed by atoms with Gasteiger partial charge in [-0.2, -0.15) is 0 Å². The molecule has 0 aliphatic carbocycles. The number of benzene rings is 1. The average molecular weight is 321 g/mol. The van der Waals surface area contributed by atoms with Crippen LogP contribution in [0.3, 0.4) is 0 Å². The standard InChI is InChI=1S/C15H15NO5S/c17-7-8-22-12-4-1-10(2-5-12)14(18)16-9-11-3-6-13(21-11)15(19)20/h1-6,17H,7-9H2,(H,16,18)(H,19,20). The minimum atomic E-state index is -1.14. The van der Waals surface area contributed by atoms with Crippen molar-refractivity contribution in [2.24, 2.45) is 0 Å². The van der Waals surface area contributed by atoms with Crippen LogP contribution in [0.4, 0.5) is 0 Å². The number of furan rings is 1. The molecule has 22 heavy (non-hydrogen) atoms. The van der Waals surface area contributed by atoms with E-state index >= 15 is 0 Å². The maximum atomic E-state index is 12.0. The Bertz CT molecular complexity index is 650. The topological polar surface area (TPSA) is 99.8 Å². The van der Waals surface area contributed by atoms with E-state index in [-0.39, 0.29) is 24.8 Å². The number of thioether (sulfide) groups is 1. The van der Waals surface area contributed by atoms with Crippen LogP contribution in [0.1, 0.15) is 26.7 Å². The second-order valence-corrected chi connectivity index (χ2v) is 5.52. The van der Waals surface area contributed by atoms with Crippen LogP contribution in [0.5, 0.6) is 0 Å². The van der Waals surface area contributed by atoms with E-state index in [9.17, 15) is 9.59 Å². The predicted molar refractivity (Wildman–Crippen MR) is 81.1 cm³/mol. The molecule has 0 bridgehead atoms. The van der Waals surface area contributed by atoms with E-state index in [0.29, 0.717) is 17.1 Å². The van der Waals surface area contributed by atoms with Crippen molar-refractivity contribution in [3.63, 3.8) is 0 Å². The molecule has 0 atom stereocenters. The molecule has 0 aliphatic rings. The van der Waals surface area contributed by atoms with Gasteiger partial charge in [-0.25, -0.2) is 4.79 Å². The van der Waals surface area contributed by atoms with Crippen LogP contribution in [-0.4, -0.2) is 34.4 Å². The summed E-state index contributed by atoms with van der Waals surface area (Å²) in [6.45, 7) is 0.224. The number of rotatable bonds is 7. The molecule has 1 heterocycles. The molecule has 0 radical (unpaired) electrons. The summed E-state index contributed by atoms with van der Waals surface area (Å²) >= 11 is 1.50. The van der Waals surface area contributed by atoms with E-state index in [1.165, 1.54) is 23.9 Å². The summed E-state index contributed by atoms with van der Waals surface area (Å²) in [5.41, 5.74) is 0.498. The number of hydrogen-bond donors (Lipinski definition) is 3. The van der Waals surface area contributed by atoms with Gasteiger partial charge in [-0.05, 0) is 36.4 Å². The lowest BCUT2D eigenvalue weighted by Crippen LogP contribution is -2.22.